The van der Waals surface area contributed by atoms with Crippen molar-refractivity contribution in [2.45, 2.75) is 105 Å². The Morgan fingerprint density at radius 1 is 0.912 bits per heavy atom. The van der Waals surface area contributed by atoms with E-state index in [1.165, 1.54) is 31.3 Å². The van der Waals surface area contributed by atoms with Crippen LogP contribution < -0.4 is 0 Å². The molecule has 0 unspecified atom stereocenters. The predicted octanol–water partition coefficient (Wildman–Crippen LogP) is 7.31. The molecule has 6 fully saturated rings. The molecule has 188 valence electrons. The number of esters is 1. The number of rotatable bonds is 2. The molecule has 0 aromatic carbocycles. The van der Waals surface area contributed by atoms with E-state index in [0.717, 1.165) is 38.5 Å². The number of carbonyl (C=O) groups is 2. The van der Waals surface area contributed by atoms with Gasteiger partial charge in [0, 0.05) is 5.41 Å². The SMILES string of the molecule is C=C(C)[C@@H]1CC[C@]2(C(=O)Cl)CC[C@]3(C)[C@H](CC[C@@H]4[C@@]5(C)CC[C@H]6OC(=O)[C@@]6(C)[C@@H]5CC[C@]43C)[C@@H]12. The van der Waals surface area contributed by atoms with Crippen molar-refractivity contribution in [1.29, 1.82) is 0 Å². The summed E-state index contributed by atoms with van der Waals surface area (Å²) < 4.78 is 5.63. The van der Waals surface area contributed by atoms with Gasteiger partial charge in [-0.3, -0.25) is 9.59 Å². The highest BCUT2D eigenvalue weighted by Gasteiger charge is 2.74. The van der Waals surface area contributed by atoms with Gasteiger partial charge >= 0.3 is 5.97 Å². The molecule has 1 aliphatic heterocycles. The Hall–Kier alpha value is -0.830. The van der Waals surface area contributed by atoms with Crippen LogP contribution in [-0.2, 0) is 14.3 Å². The molecule has 1 heterocycles. The number of hydrogen-bond donors (Lipinski definition) is 0. The topological polar surface area (TPSA) is 43.4 Å². The van der Waals surface area contributed by atoms with Crippen molar-refractivity contribution in [3.05, 3.63) is 12.2 Å². The number of ether oxygens (including phenoxy) is 1. The standard InChI is InChI=1S/C30H43ClO3/c1-17(2)18-9-14-30(24(31)32)16-15-27(4)19(23(18)30)7-8-20-26(3)12-11-22-29(6,25(33)34-22)21(26)10-13-28(20,27)5/h18-23H,1,7-16H2,2-6H3/t18-,19+,20+,21+,22+,23+,26+,27+,28+,29-,30-/m0/s1. The fourth-order valence-electron chi connectivity index (χ4n) is 11.8. The first-order chi connectivity index (χ1) is 15.9. The van der Waals surface area contributed by atoms with Crippen LogP contribution in [0.5, 0.6) is 0 Å². The summed E-state index contributed by atoms with van der Waals surface area (Å²) in [6.45, 7) is 16.5. The molecule has 0 spiro atoms. The van der Waals surface area contributed by atoms with Crippen LogP contribution >= 0.6 is 11.6 Å². The van der Waals surface area contributed by atoms with E-state index < -0.39 is 0 Å². The van der Waals surface area contributed by atoms with Gasteiger partial charge in [0.15, 0.2) is 0 Å². The smallest absolute Gasteiger partial charge is 0.316 e. The van der Waals surface area contributed by atoms with Crippen LogP contribution in [0.25, 0.3) is 0 Å². The highest BCUT2D eigenvalue weighted by atomic mass is 35.5. The van der Waals surface area contributed by atoms with E-state index in [1.54, 1.807) is 0 Å². The first-order valence-electron chi connectivity index (χ1n) is 13.9. The minimum absolute atomic E-state index is 0.0512. The molecule has 3 nitrogen and oxygen atoms in total. The molecular weight excluding hydrogens is 444 g/mol. The Morgan fingerprint density at radius 2 is 1.65 bits per heavy atom. The Balaban J connectivity index is 1.41. The summed E-state index contributed by atoms with van der Waals surface area (Å²) in [7, 11) is 0. The summed E-state index contributed by atoms with van der Waals surface area (Å²) in [5.74, 6) is 2.38. The fourth-order valence-corrected chi connectivity index (χ4v) is 12.1. The maximum Gasteiger partial charge on any atom is 0.316 e. The van der Waals surface area contributed by atoms with Crippen molar-refractivity contribution >= 4 is 22.8 Å². The average Bonchev–Trinajstić information content (AvgIpc) is 3.18. The van der Waals surface area contributed by atoms with Crippen molar-refractivity contribution < 1.29 is 14.3 Å². The van der Waals surface area contributed by atoms with Crippen LogP contribution in [0.4, 0.5) is 0 Å². The lowest BCUT2D eigenvalue weighted by atomic mass is 9.32. The van der Waals surface area contributed by atoms with E-state index in [9.17, 15) is 9.59 Å². The minimum Gasteiger partial charge on any atom is -0.461 e. The summed E-state index contributed by atoms with van der Waals surface area (Å²) in [6, 6.07) is 0. The molecule has 0 bridgehead atoms. The lowest BCUT2D eigenvalue weighted by Gasteiger charge is -2.73. The Kier molecular flexibility index (Phi) is 4.80. The van der Waals surface area contributed by atoms with Gasteiger partial charge in [-0.15, -0.1) is 0 Å². The van der Waals surface area contributed by atoms with Crippen LogP contribution in [0.15, 0.2) is 12.2 Å². The third kappa shape index (κ3) is 2.42. The maximum atomic E-state index is 13.0. The summed E-state index contributed by atoms with van der Waals surface area (Å²) >= 11 is 6.43. The number of hydrogen-bond acceptors (Lipinski definition) is 3. The Labute approximate surface area is 210 Å². The third-order valence-electron chi connectivity index (χ3n) is 13.8. The van der Waals surface area contributed by atoms with Crippen LogP contribution in [0, 0.1) is 56.7 Å². The predicted molar refractivity (Wildman–Crippen MR) is 134 cm³/mol. The molecule has 5 saturated carbocycles. The van der Waals surface area contributed by atoms with E-state index >= 15 is 0 Å². The molecule has 0 N–H and O–H groups in total. The highest BCUT2D eigenvalue weighted by Crippen LogP contribution is 2.78. The van der Waals surface area contributed by atoms with Gasteiger partial charge in [-0.1, -0.05) is 32.9 Å². The summed E-state index contributed by atoms with van der Waals surface area (Å²) in [4.78, 5) is 25.7. The van der Waals surface area contributed by atoms with Crippen LogP contribution in [0.1, 0.15) is 98.8 Å². The summed E-state index contributed by atoms with van der Waals surface area (Å²) in [5.41, 5.74) is 1.22. The second kappa shape index (κ2) is 6.93. The van der Waals surface area contributed by atoms with Crippen molar-refractivity contribution in [3.8, 4) is 0 Å². The number of allylic oxidation sites excluding steroid dienone is 1. The number of halogens is 1. The molecule has 6 rings (SSSR count). The van der Waals surface area contributed by atoms with Gasteiger partial charge in [-0.25, -0.2) is 0 Å². The number of carbonyl (C=O) groups excluding carboxylic acids is 2. The summed E-state index contributed by atoms with van der Waals surface area (Å²) in [5, 5.41) is -0.0824. The lowest BCUT2D eigenvalue weighted by molar-refractivity contribution is -0.278. The van der Waals surface area contributed by atoms with E-state index in [2.05, 4.69) is 41.2 Å². The van der Waals surface area contributed by atoms with Gasteiger partial charge in [-0.2, -0.15) is 0 Å². The first-order valence-corrected chi connectivity index (χ1v) is 14.3. The van der Waals surface area contributed by atoms with Crippen molar-refractivity contribution in [2.75, 3.05) is 0 Å². The van der Waals surface area contributed by atoms with Crippen molar-refractivity contribution in [2.24, 2.45) is 56.7 Å². The second-order valence-corrected chi connectivity index (χ2v) is 14.7. The van der Waals surface area contributed by atoms with Gasteiger partial charge in [0.2, 0.25) is 5.24 Å². The Morgan fingerprint density at radius 3 is 2.29 bits per heavy atom. The van der Waals surface area contributed by atoms with Crippen molar-refractivity contribution in [3.63, 3.8) is 0 Å². The molecule has 0 aromatic heterocycles. The molecule has 1 saturated heterocycles. The van der Waals surface area contributed by atoms with E-state index in [-0.39, 0.29) is 44.4 Å². The van der Waals surface area contributed by atoms with E-state index in [4.69, 9.17) is 16.3 Å². The first kappa shape index (κ1) is 23.6. The molecule has 34 heavy (non-hydrogen) atoms. The zero-order chi connectivity index (χ0) is 24.5. The normalized spacial score (nSPS) is 57.6. The average molecular weight is 487 g/mol. The highest BCUT2D eigenvalue weighted by molar-refractivity contribution is 6.64. The molecular formula is C30H43ClO3. The third-order valence-corrected chi connectivity index (χ3v) is 14.1. The quantitative estimate of drug-likeness (QED) is 0.233. The Bertz CT molecular complexity index is 974. The van der Waals surface area contributed by atoms with Crippen molar-refractivity contribution in [1.82, 2.24) is 0 Å². The minimum atomic E-state index is -0.346. The van der Waals surface area contributed by atoms with Gasteiger partial charge in [-0.05, 0) is 135 Å². The van der Waals surface area contributed by atoms with Crippen LogP contribution in [0.3, 0.4) is 0 Å². The molecule has 5 aliphatic carbocycles. The van der Waals surface area contributed by atoms with Gasteiger partial charge in [0.1, 0.15) is 11.5 Å². The second-order valence-electron chi connectivity index (χ2n) is 14.3. The molecule has 0 aromatic rings. The van der Waals surface area contributed by atoms with Gasteiger partial charge < -0.3 is 4.74 Å². The lowest BCUT2D eigenvalue weighted by Crippen LogP contribution is -2.71. The van der Waals surface area contributed by atoms with Gasteiger partial charge in [0.25, 0.3) is 0 Å². The fraction of sp³-hybridized carbons (Fsp3) is 0.867. The largest absolute Gasteiger partial charge is 0.461 e. The zero-order valence-corrected chi connectivity index (χ0v) is 22.6. The van der Waals surface area contributed by atoms with Crippen LogP contribution in [0.2, 0.25) is 0 Å². The van der Waals surface area contributed by atoms with Crippen LogP contribution in [-0.4, -0.2) is 17.3 Å². The zero-order valence-electron chi connectivity index (χ0n) is 21.8. The number of fused-ring (bicyclic) bond motifs is 9. The molecule has 0 amide bonds. The molecule has 0 radical (unpaired) electrons. The molecule has 4 heteroatoms. The van der Waals surface area contributed by atoms with Gasteiger partial charge in [0.05, 0.1) is 0 Å². The molecule has 6 aliphatic rings. The van der Waals surface area contributed by atoms with E-state index in [1.807, 2.05) is 0 Å². The molecule has 11 atom stereocenters. The van der Waals surface area contributed by atoms with E-state index in [0.29, 0.717) is 29.6 Å². The maximum absolute atomic E-state index is 13.0. The monoisotopic (exact) mass is 486 g/mol. The summed E-state index contributed by atoms with van der Waals surface area (Å²) in [6.07, 6.45) is 11.1.